The average Bonchev–Trinajstić information content (AvgIpc) is 2.43. The fraction of sp³-hybridized carbons (Fsp3) is 0.533. The number of non-ortho nitro benzene ring substituents is 1. The zero-order valence-corrected chi connectivity index (χ0v) is 12.6. The van der Waals surface area contributed by atoms with Crippen molar-refractivity contribution >= 4 is 5.69 Å². The number of hydrogen-bond acceptors (Lipinski definition) is 5. The Morgan fingerprint density at radius 3 is 2.52 bits per heavy atom. The van der Waals surface area contributed by atoms with E-state index >= 15 is 0 Å². The highest BCUT2D eigenvalue weighted by atomic mass is 16.6. The highest BCUT2D eigenvalue weighted by Gasteiger charge is 2.23. The van der Waals surface area contributed by atoms with Crippen LogP contribution in [0.5, 0.6) is 5.75 Å². The summed E-state index contributed by atoms with van der Waals surface area (Å²) in [6.07, 6.45) is 1.40. The third kappa shape index (κ3) is 5.79. The van der Waals surface area contributed by atoms with Gasteiger partial charge < -0.3 is 4.74 Å². The normalized spacial score (nSPS) is 13.5. The first-order valence-electron chi connectivity index (χ1n) is 6.92. The molecule has 0 amide bonds. The molecular weight excluding hydrogens is 270 g/mol. The number of nitrogens with one attached hydrogen (secondary N) is 1. The standard InChI is InChI=1S/C15H21N3O3/c1-12(2)17-15(3,11-16)9-4-10-21-14-7-5-13(6-8-14)18(19)20/h5-8,12,17H,4,9-10H2,1-3H3. The summed E-state index contributed by atoms with van der Waals surface area (Å²) < 4.78 is 5.53. The predicted octanol–water partition coefficient (Wildman–Crippen LogP) is 3.03. The molecule has 0 saturated carbocycles. The van der Waals surface area contributed by atoms with Crippen LogP contribution in [0.3, 0.4) is 0 Å². The number of nitro benzene ring substituents is 1. The monoisotopic (exact) mass is 291 g/mol. The van der Waals surface area contributed by atoms with Crippen molar-refractivity contribution in [2.24, 2.45) is 0 Å². The molecule has 0 radical (unpaired) electrons. The number of rotatable bonds is 8. The van der Waals surface area contributed by atoms with E-state index in [0.717, 1.165) is 6.42 Å². The first-order valence-corrected chi connectivity index (χ1v) is 6.92. The van der Waals surface area contributed by atoms with Gasteiger partial charge in [-0.3, -0.25) is 15.4 Å². The van der Waals surface area contributed by atoms with E-state index in [1.807, 2.05) is 20.8 Å². The van der Waals surface area contributed by atoms with E-state index in [9.17, 15) is 15.4 Å². The third-order valence-corrected chi connectivity index (χ3v) is 2.99. The van der Waals surface area contributed by atoms with E-state index in [1.54, 1.807) is 12.1 Å². The number of hydrogen-bond donors (Lipinski definition) is 1. The summed E-state index contributed by atoms with van der Waals surface area (Å²) >= 11 is 0. The summed E-state index contributed by atoms with van der Waals surface area (Å²) in [5, 5.41) is 23.0. The van der Waals surface area contributed by atoms with Crippen LogP contribution in [0.15, 0.2) is 24.3 Å². The zero-order chi connectivity index (χ0) is 15.9. The van der Waals surface area contributed by atoms with Crippen molar-refractivity contribution in [1.82, 2.24) is 5.32 Å². The van der Waals surface area contributed by atoms with Crippen LogP contribution in [0, 0.1) is 21.4 Å². The van der Waals surface area contributed by atoms with Crippen molar-refractivity contribution in [2.75, 3.05) is 6.61 Å². The summed E-state index contributed by atoms with van der Waals surface area (Å²) in [5.74, 6) is 0.594. The van der Waals surface area contributed by atoms with Crippen molar-refractivity contribution < 1.29 is 9.66 Å². The Labute approximate surface area is 124 Å². The molecule has 0 aliphatic heterocycles. The lowest BCUT2D eigenvalue weighted by molar-refractivity contribution is -0.384. The van der Waals surface area contributed by atoms with Crippen LogP contribution < -0.4 is 10.1 Å². The van der Waals surface area contributed by atoms with Gasteiger partial charge in [0.25, 0.3) is 5.69 Å². The second-order valence-corrected chi connectivity index (χ2v) is 5.45. The first-order chi connectivity index (χ1) is 9.86. The lowest BCUT2D eigenvalue weighted by Crippen LogP contribution is -2.45. The van der Waals surface area contributed by atoms with Gasteiger partial charge in [0.15, 0.2) is 0 Å². The smallest absolute Gasteiger partial charge is 0.269 e. The van der Waals surface area contributed by atoms with Crippen LogP contribution in [0.25, 0.3) is 0 Å². The summed E-state index contributed by atoms with van der Waals surface area (Å²) in [6.45, 7) is 6.35. The molecule has 0 heterocycles. The fourth-order valence-corrected chi connectivity index (χ4v) is 2.08. The van der Waals surface area contributed by atoms with Crippen molar-refractivity contribution in [2.45, 2.75) is 45.2 Å². The van der Waals surface area contributed by atoms with Crippen LogP contribution in [0.2, 0.25) is 0 Å². The molecule has 6 heteroatoms. The number of ether oxygens (including phenoxy) is 1. The molecule has 1 N–H and O–H groups in total. The molecule has 114 valence electrons. The molecule has 0 fully saturated rings. The Hall–Kier alpha value is -2.13. The molecule has 1 atom stereocenters. The molecule has 1 aromatic carbocycles. The molecule has 21 heavy (non-hydrogen) atoms. The Morgan fingerprint density at radius 1 is 1.43 bits per heavy atom. The van der Waals surface area contributed by atoms with Crippen molar-refractivity contribution in [3.8, 4) is 11.8 Å². The molecule has 1 rings (SSSR count). The van der Waals surface area contributed by atoms with Gasteiger partial charge in [-0.05, 0) is 45.7 Å². The van der Waals surface area contributed by atoms with Crippen LogP contribution in [-0.4, -0.2) is 23.1 Å². The largest absolute Gasteiger partial charge is 0.494 e. The van der Waals surface area contributed by atoms with Gasteiger partial charge in [-0.15, -0.1) is 0 Å². The molecule has 6 nitrogen and oxygen atoms in total. The molecule has 0 aromatic heterocycles. The quantitative estimate of drug-likeness (QED) is 0.452. The maximum atomic E-state index is 10.5. The Kier molecular flexibility index (Phi) is 6.12. The van der Waals surface area contributed by atoms with E-state index in [2.05, 4.69) is 11.4 Å². The first kappa shape index (κ1) is 16.9. The van der Waals surface area contributed by atoms with E-state index in [-0.39, 0.29) is 11.7 Å². The molecule has 0 bridgehead atoms. The van der Waals surface area contributed by atoms with Gasteiger partial charge in [-0.1, -0.05) is 0 Å². The number of nitrogens with zero attached hydrogens (tertiary/aromatic N) is 2. The van der Waals surface area contributed by atoms with Crippen LogP contribution >= 0.6 is 0 Å². The van der Waals surface area contributed by atoms with E-state index in [1.165, 1.54) is 12.1 Å². The lowest BCUT2D eigenvalue weighted by Gasteiger charge is -2.25. The molecule has 0 aliphatic carbocycles. The summed E-state index contributed by atoms with van der Waals surface area (Å²) in [6, 6.07) is 8.51. The minimum Gasteiger partial charge on any atom is -0.494 e. The average molecular weight is 291 g/mol. The third-order valence-electron chi connectivity index (χ3n) is 2.99. The van der Waals surface area contributed by atoms with Gasteiger partial charge >= 0.3 is 0 Å². The Balaban J connectivity index is 2.40. The van der Waals surface area contributed by atoms with Gasteiger partial charge in [0.05, 0.1) is 17.6 Å². The summed E-state index contributed by atoms with van der Waals surface area (Å²) in [4.78, 5) is 10.1. The van der Waals surface area contributed by atoms with E-state index in [4.69, 9.17) is 4.74 Å². The SMILES string of the molecule is CC(C)NC(C)(C#N)CCCOc1ccc([N+](=O)[O-])cc1. The molecule has 0 saturated heterocycles. The lowest BCUT2D eigenvalue weighted by atomic mass is 9.97. The summed E-state index contributed by atoms with van der Waals surface area (Å²) in [5.41, 5.74) is -0.520. The zero-order valence-electron chi connectivity index (χ0n) is 12.6. The highest BCUT2D eigenvalue weighted by Crippen LogP contribution is 2.18. The van der Waals surface area contributed by atoms with Crippen molar-refractivity contribution in [3.05, 3.63) is 34.4 Å². The Bertz CT molecular complexity index is 508. The second kappa shape index (κ2) is 7.60. The van der Waals surface area contributed by atoms with Crippen molar-refractivity contribution in [1.29, 1.82) is 5.26 Å². The molecule has 0 spiro atoms. The van der Waals surface area contributed by atoms with Gasteiger partial charge in [-0.2, -0.15) is 5.26 Å². The molecule has 1 aromatic rings. The van der Waals surface area contributed by atoms with Crippen LogP contribution in [0.4, 0.5) is 5.69 Å². The topological polar surface area (TPSA) is 88.2 Å². The fourth-order valence-electron chi connectivity index (χ4n) is 2.08. The maximum Gasteiger partial charge on any atom is 0.269 e. The number of nitriles is 1. The number of benzene rings is 1. The van der Waals surface area contributed by atoms with Crippen LogP contribution in [-0.2, 0) is 0 Å². The maximum absolute atomic E-state index is 10.5. The minimum atomic E-state index is -0.562. The van der Waals surface area contributed by atoms with Crippen LogP contribution in [0.1, 0.15) is 33.6 Å². The Morgan fingerprint density at radius 2 is 2.05 bits per heavy atom. The van der Waals surface area contributed by atoms with Gasteiger partial charge in [0.2, 0.25) is 0 Å². The minimum absolute atomic E-state index is 0.0422. The predicted molar refractivity (Wildman–Crippen MR) is 80.1 cm³/mol. The highest BCUT2D eigenvalue weighted by molar-refractivity contribution is 5.35. The van der Waals surface area contributed by atoms with Crippen molar-refractivity contribution in [3.63, 3.8) is 0 Å². The number of nitro groups is 1. The van der Waals surface area contributed by atoms with E-state index < -0.39 is 10.5 Å². The van der Waals surface area contributed by atoms with Gasteiger partial charge in [-0.25, -0.2) is 0 Å². The van der Waals surface area contributed by atoms with Gasteiger partial charge in [0, 0.05) is 18.2 Å². The molecular formula is C15H21N3O3. The molecule has 0 aliphatic rings. The molecule has 1 unspecified atom stereocenters. The van der Waals surface area contributed by atoms with E-state index in [0.29, 0.717) is 18.8 Å². The van der Waals surface area contributed by atoms with Gasteiger partial charge in [0.1, 0.15) is 11.3 Å². The second-order valence-electron chi connectivity index (χ2n) is 5.45. The summed E-state index contributed by atoms with van der Waals surface area (Å²) in [7, 11) is 0.